The highest BCUT2D eigenvalue weighted by molar-refractivity contribution is 6.08. The number of allylic oxidation sites excluding steroid dienone is 1. The summed E-state index contributed by atoms with van der Waals surface area (Å²) in [5, 5.41) is 0. The van der Waals surface area contributed by atoms with Gasteiger partial charge in [-0.25, -0.2) is 0 Å². The minimum absolute atomic E-state index is 0.0632. The number of rotatable bonds is 7. The van der Waals surface area contributed by atoms with Crippen molar-refractivity contribution in [3.8, 4) is 0 Å². The van der Waals surface area contributed by atoms with Gasteiger partial charge in [-0.3, -0.25) is 14.5 Å². The van der Waals surface area contributed by atoms with Gasteiger partial charge in [-0.1, -0.05) is 18.9 Å². The van der Waals surface area contributed by atoms with Gasteiger partial charge in [-0.05, 0) is 25.7 Å². The van der Waals surface area contributed by atoms with E-state index in [1.807, 2.05) is 6.08 Å². The van der Waals surface area contributed by atoms with Crippen molar-refractivity contribution in [2.75, 3.05) is 6.54 Å². The van der Waals surface area contributed by atoms with Crippen molar-refractivity contribution in [1.29, 1.82) is 0 Å². The SMILES string of the molecule is C=CCCCCCCN1C(=O)C2CC2C1=O. The molecule has 2 amide bonds. The van der Waals surface area contributed by atoms with Crippen LogP contribution in [0.3, 0.4) is 0 Å². The first-order chi connectivity index (χ1) is 7.75. The largest absolute Gasteiger partial charge is 0.282 e. The molecule has 1 aliphatic carbocycles. The summed E-state index contributed by atoms with van der Waals surface area (Å²) in [6.45, 7) is 4.31. The molecule has 0 N–H and O–H groups in total. The lowest BCUT2D eigenvalue weighted by Crippen LogP contribution is -2.33. The summed E-state index contributed by atoms with van der Waals surface area (Å²) < 4.78 is 0. The number of carbonyl (C=O) groups is 2. The normalized spacial score (nSPS) is 27.1. The van der Waals surface area contributed by atoms with Crippen LogP contribution in [0.15, 0.2) is 12.7 Å². The van der Waals surface area contributed by atoms with E-state index in [9.17, 15) is 9.59 Å². The smallest absolute Gasteiger partial charge is 0.233 e. The minimum atomic E-state index is 0.0632. The molecule has 1 heterocycles. The van der Waals surface area contributed by atoms with Gasteiger partial charge < -0.3 is 0 Å². The minimum Gasteiger partial charge on any atom is -0.282 e. The van der Waals surface area contributed by atoms with Gasteiger partial charge in [0.25, 0.3) is 0 Å². The number of carbonyl (C=O) groups excluding carboxylic acids is 2. The second-order valence-electron chi connectivity index (χ2n) is 4.77. The Kier molecular flexibility index (Phi) is 3.42. The molecule has 0 radical (unpaired) electrons. The third-order valence-electron chi connectivity index (χ3n) is 3.50. The monoisotopic (exact) mass is 221 g/mol. The second kappa shape index (κ2) is 4.81. The molecule has 0 aromatic heterocycles. The summed E-state index contributed by atoms with van der Waals surface area (Å²) in [6, 6.07) is 0. The predicted molar refractivity (Wildman–Crippen MR) is 61.6 cm³/mol. The fourth-order valence-corrected chi connectivity index (χ4v) is 2.38. The van der Waals surface area contributed by atoms with Crippen LogP contribution in [0.5, 0.6) is 0 Å². The summed E-state index contributed by atoms with van der Waals surface area (Å²) in [5.74, 6) is 0.295. The highest BCUT2D eigenvalue weighted by Gasteiger charge is 2.58. The summed E-state index contributed by atoms with van der Waals surface area (Å²) in [6.07, 6.45) is 8.18. The van der Waals surface area contributed by atoms with E-state index < -0.39 is 0 Å². The predicted octanol–water partition coefficient (Wildman–Crippen LogP) is 2.13. The van der Waals surface area contributed by atoms with Crippen LogP contribution in [0.25, 0.3) is 0 Å². The Morgan fingerprint density at radius 1 is 1.12 bits per heavy atom. The lowest BCUT2D eigenvalue weighted by atomic mass is 10.1. The maximum atomic E-state index is 11.6. The molecule has 1 aliphatic heterocycles. The van der Waals surface area contributed by atoms with Crippen LogP contribution in [-0.2, 0) is 9.59 Å². The first-order valence-corrected chi connectivity index (χ1v) is 6.22. The number of unbranched alkanes of at least 4 members (excludes halogenated alkanes) is 4. The quantitative estimate of drug-likeness (QED) is 0.375. The van der Waals surface area contributed by atoms with Gasteiger partial charge >= 0.3 is 0 Å². The number of hydrogen-bond acceptors (Lipinski definition) is 2. The van der Waals surface area contributed by atoms with E-state index in [2.05, 4.69) is 6.58 Å². The summed E-state index contributed by atoms with van der Waals surface area (Å²) in [7, 11) is 0. The molecular formula is C13H19NO2. The van der Waals surface area contributed by atoms with Crippen LogP contribution in [0.1, 0.15) is 38.5 Å². The van der Waals surface area contributed by atoms with Gasteiger partial charge in [-0.15, -0.1) is 6.58 Å². The van der Waals surface area contributed by atoms with Gasteiger partial charge in [0.15, 0.2) is 0 Å². The van der Waals surface area contributed by atoms with E-state index in [1.54, 1.807) is 0 Å². The number of imide groups is 1. The van der Waals surface area contributed by atoms with E-state index in [1.165, 1.54) is 4.90 Å². The van der Waals surface area contributed by atoms with Gasteiger partial charge in [0.2, 0.25) is 11.8 Å². The molecule has 1 saturated heterocycles. The van der Waals surface area contributed by atoms with Gasteiger partial charge in [0, 0.05) is 6.54 Å². The van der Waals surface area contributed by atoms with Crippen LogP contribution in [-0.4, -0.2) is 23.3 Å². The Morgan fingerprint density at radius 3 is 2.38 bits per heavy atom. The Labute approximate surface area is 96.5 Å². The summed E-state index contributed by atoms with van der Waals surface area (Å²) >= 11 is 0. The van der Waals surface area contributed by atoms with Crippen molar-refractivity contribution in [1.82, 2.24) is 4.90 Å². The van der Waals surface area contributed by atoms with E-state index >= 15 is 0 Å². The molecule has 0 bridgehead atoms. The van der Waals surface area contributed by atoms with Crippen molar-refractivity contribution in [3.05, 3.63) is 12.7 Å². The molecule has 2 atom stereocenters. The van der Waals surface area contributed by atoms with Crippen LogP contribution >= 0.6 is 0 Å². The zero-order chi connectivity index (χ0) is 11.5. The van der Waals surface area contributed by atoms with Gasteiger partial charge in [-0.2, -0.15) is 0 Å². The summed E-state index contributed by atoms with van der Waals surface area (Å²) in [5.41, 5.74) is 0. The average molecular weight is 221 g/mol. The Morgan fingerprint density at radius 2 is 1.75 bits per heavy atom. The van der Waals surface area contributed by atoms with Crippen molar-refractivity contribution >= 4 is 11.8 Å². The van der Waals surface area contributed by atoms with Crippen LogP contribution in [0.2, 0.25) is 0 Å². The van der Waals surface area contributed by atoms with E-state index in [-0.39, 0.29) is 23.7 Å². The van der Waals surface area contributed by atoms with Crippen LogP contribution in [0, 0.1) is 11.8 Å². The maximum absolute atomic E-state index is 11.6. The third kappa shape index (κ3) is 2.18. The Balaban J connectivity index is 1.61. The lowest BCUT2D eigenvalue weighted by Gasteiger charge is -2.15. The average Bonchev–Trinajstić information content (AvgIpc) is 3.02. The number of nitrogens with zero attached hydrogens (tertiary/aromatic N) is 1. The molecule has 2 aliphatic rings. The van der Waals surface area contributed by atoms with Crippen molar-refractivity contribution in [2.24, 2.45) is 11.8 Å². The fraction of sp³-hybridized carbons (Fsp3) is 0.692. The molecule has 1 saturated carbocycles. The number of fused-ring (bicyclic) bond motifs is 1. The van der Waals surface area contributed by atoms with Gasteiger partial charge in [0.1, 0.15) is 0 Å². The molecule has 16 heavy (non-hydrogen) atoms. The topological polar surface area (TPSA) is 37.4 Å². The molecule has 0 aromatic carbocycles. The standard InChI is InChI=1S/C13H19NO2/c1-2-3-4-5-6-7-8-14-12(15)10-9-11(10)13(14)16/h2,10-11H,1,3-9H2. The first kappa shape index (κ1) is 11.4. The Hall–Kier alpha value is -1.12. The van der Waals surface area contributed by atoms with E-state index in [4.69, 9.17) is 0 Å². The Bertz CT molecular complexity index is 291. The van der Waals surface area contributed by atoms with E-state index in [0.717, 1.165) is 38.5 Å². The van der Waals surface area contributed by atoms with E-state index in [0.29, 0.717) is 6.54 Å². The molecule has 0 aromatic rings. The maximum Gasteiger partial charge on any atom is 0.233 e. The third-order valence-corrected chi connectivity index (χ3v) is 3.50. The molecular weight excluding hydrogens is 202 g/mol. The van der Waals surface area contributed by atoms with Crippen LogP contribution < -0.4 is 0 Å². The summed E-state index contributed by atoms with van der Waals surface area (Å²) in [4.78, 5) is 24.7. The van der Waals surface area contributed by atoms with Crippen molar-refractivity contribution < 1.29 is 9.59 Å². The molecule has 3 nitrogen and oxygen atoms in total. The van der Waals surface area contributed by atoms with Gasteiger partial charge in [0.05, 0.1) is 11.8 Å². The highest BCUT2D eigenvalue weighted by Crippen LogP contribution is 2.46. The molecule has 2 unspecified atom stereocenters. The zero-order valence-corrected chi connectivity index (χ0v) is 9.65. The molecule has 0 spiro atoms. The highest BCUT2D eigenvalue weighted by atomic mass is 16.2. The number of amides is 2. The number of hydrogen-bond donors (Lipinski definition) is 0. The molecule has 88 valence electrons. The molecule has 2 rings (SSSR count). The zero-order valence-electron chi connectivity index (χ0n) is 9.65. The number of piperidine rings is 1. The van der Waals surface area contributed by atoms with Crippen molar-refractivity contribution in [2.45, 2.75) is 38.5 Å². The molecule has 2 fully saturated rings. The first-order valence-electron chi connectivity index (χ1n) is 6.22. The second-order valence-corrected chi connectivity index (χ2v) is 4.77. The molecule has 3 heteroatoms. The van der Waals surface area contributed by atoms with Crippen molar-refractivity contribution in [3.63, 3.8) is 0 Å². The number of likely N-dealkylation sites (tertiary alicyclic amines) is 1. The van der Waals surface area contributed by atoms with Crippen LogP contribution in [0.4, 0.5) is 0 Å². The fourth-order valence-electron chi connectivity index (χ4n) is 2.38. The lowest BCUT2D eigenvalue weighted by molar-refractivity contribution is -0.141.